The number of hydrogen-bond acceptors (Lipinski definition) is 2. The van der Waals surface area contributed by atoms with Crippen LogP contribution in [0.3, 0.4) is 0 Å². The first-order valence-electron chi connectivity index (χ1n) is 15.9. The molecule has 0 saturated heterocycles. The molecule has 0 aliphatic rings. The molecule has 0 amide bonds. The molecule has 1 aromatic heterocycles. The van der Waals surface area contributed by atoms with Crippen molar-refractivity contribution in [3.05, 3.63) is 176 Å². The summed E-state index contributed by atoms with van der Waals surface area (Å²) in [5.74, 6) is 0. The van der Waals surface area contributed by atoms with Crippen molar-refractivity contribution in [2.45, 2.75) is 0 Å². The third kappa shape index (κ3) is 4.37. The Kier molecular flexibility index (Phi) is 6.45. The van der Waals surface area contributed by atoms with Crippen LogP contribution in [-0.2, 0) is 4.57 Å². The molecular weight excluding hydrogens is 591 g/mol. The van der Waals surface area contributed by atoms with E-state index < -0.39 is 7.14 Å². The predicted molar refractivity (Wildman–Crippen MR) is 199 cm³/mol. The molecule has 9 aromatic rings. The van der Waals surface area contributed by atoms with Gasteiger partial charge in [0.2, 0.25) is 0 Å². The fourth-order valence-electron chi connectivity index (χ4n) is 7.20. The largest absolute Gasteiger partial charge is 0.456 e. The molecule has 8 aromatic carbocycles. The van der Waals surface area contributed by atoms with Crippen LogP contribution in [0.5, 0.6) is 0 Å². The third-order valence-corrected chi connectivity index (χ3v) is 12.4. The van der Waals surface area contributed by atoms with Gasteiger partial charge in [-0.1, -0.05) is 146 Å². The maximum absolute atomic E-state index is 15.2. The Morgan fingerprint density at radius 2 is 0.766 bits per heavy atom. The van der Waals surface area contributed by atoms with E-state index >= 15 is 4.57 Å². The summed E-state index contributed by atoms with van der Waals surface area (Å²) in [7, 11) is -3.15. The van der Waals surface area contributed by atoms with Crippen molar-refractivity contribution >= 4 is 66.5 Å². The Balaban J connectivity index is 1.30. The normalized spacial score (nSPS) is 11.9. The van der Waals surface area contributed by atoms with E-state index in [1.165, 1.54) is 38.2 Å². The molecule has 2 nitrogen and oxygen atoms in total. The lowest BCUT2D eigenvalue weighted by Gasteiger charge is -2.20. The minimum Gasteiger partial charge on any atom is -0.456 e. The summed E-state index contributed by atoms with van der Waals surface area (Å²) in [6.07, 6.45) is 0. The van der Waals surface area contributed by atoms with Gasteiger partial charge in [-0.15, -0.1) is 0 Å². The van der Waals surface area contributed by atoms with Crippen LogP contribution in [0, 0.1) is 0 Å². The van der Waals surface area contributed by atoms with Gasteiger partial charge < -0.3 is 8.98 Å². The van der Waals surface area contributed by atoms with Crippen LogP contribution < -0.4 is 15.9 Å². The van der Waals surface area contributed by atoms with Crippen LogP contribution in [0.2, 0.25) is 0 Å². The van der Waals surface area contributed by atoms with E-state index in [0.29, 0.717) is 0 Å². The maximum Gasteiger partial charge on any atom is 0.171 e. The Hall–Kier alpha value is -5.69. The highest BCUT2D eigenvalue weighted by molar-refractivity contribution is 7.85. The predicted octanol–water partition coefficient (Wildman–Crippen LogP) is 10.9. The van der Waals surface area contributed by atoms with E-state index in [0.717, 1.165) is 43.4 Å². The van der Waals surface area contributed by atoms with Gasteiger partial charge in [0.05, 0.1) is 0 Å². The number of benzene rings is 8. The molecule has 0 unspecified atom stereocenters. The molecule has 1 heterocycles. The zero-order valence-electron chi connectivity index (χ0n) is 25.5. The van der Waals surface area contributed by atoms with Crippen LogP contribution >= 0.6 is 7.14 Å². The van der Waals surface area contributed by atoms with Gasteiger partial charge in [0, 0.05) is 26.7 Å². The molecule has 0 N–H and O–H groups in total. The first kappa shape index (κ1) is 27.6. The zero-order valence-corrected chi connectivity index (χ0v) is 26.4. The molecule has 222 valence electrons. The Labute approximate surface area is 272 Å². The summed E-state index contributed by atoms with van der Waals surface area (Å²) in [5, 5.41) is 9.24. The molecule has 3 heteroatoms. The topological polar surface area (TPSA) is 30.2 Å². The number of furan rings is 1. The molecule has 0 radical (unpaired) electrons. The fraction of sp³-hybridized carbons (Fsp3) is 0. The van der Waals surface area contributed by atoms with Crippen molar-refractivity contribution in [2.24, 2.45) is 0 Å². The van der Waals surface area contributed by atoms with E-state index in [-0.39, 0.29) is 0 Å². The molecule has 47 heavy (non-hydrogen) atoms. The molecule has 0 saturated carbocycles. The van der Waals surface area contributed by atoms with E-state index in [4.69, 9.17) is 4.42 Å². The zero-order chi connectivity index (χ0) is 31.4. The lowest BCUT2D eigenvalue weighted by molar-refractivity contribution is 0.592. The SMILES string of the molecule is O=P(c1ccccc1)(c1ccccc1)c1ccc2oc3ccc(-c4c5ccccc5c(-c5ccccc5)c5ccccc45)cc3c2c1. The van der Waals surface area contributed by atoms with Gasteiger partial charge in [0.1, 0.15) is 11.2 Å². The minimum absolute atomic E-state index is 0.780. The first-order chi connectivity index (χ1) is 23.2. The van der Waals surface area contributed by atoms with Crippen molar-refractivity contribution in [3.63, 3.8) is 0 Å². The van der Waals surface area contributed by atoms with E-state index in [1.807, 2.05) is 72.8 Å². The second-order valence-electron chi connectivity index (χ2n) is 12.0. The van der Waals surface area contributed by atoms with Gasteiger partial charge in [-0.2, -0.15) is 0 Å². The van der Waals surface area contributed by atoms with Crippen LogP contribution in [0.25, 0.3) is 65.7 Å². The lowest BCUT2D eigenvalue weighted by atomic mass is 9.86. The summed E-state index contributed by atoms with van der Waals surface area (Å²) in [5.41, 5.74) is 6.36. The van der Waals surface area contributed by atoms with E-state index in [2.05, 4.69) is 103 Å². The summed E-state index contributed by atoms with van der Waals surface area (Å²) in [6.45, 7) is 0. The fourth-order valence-corrected chi connectivity index (χ4v) is 9.87. The van der Waals surface area contributed by atoms with E-state index in [9.17, 15) is 0 Å². The molecule has 0 spiro atoms. The van der Waals surface area contributed by atoms with Gasteiger partial charge in [0.25, 0.3) is 0 Å². The van der Waals surface area contributed by atoms with Gasteiger partial charge >= 0.3 is 0 Å². The highest BCUT2D eigenvalue weighted by Crippen LogP contribution is 2.46. The summed E-state index contributed by atoms with van der Waals surface area (Å²) < 4.78 is 21.6. The minimum atomic E-state index is -3.15. The first-order valence-corrected chi connectivity index (χ1v) is 17.6. The second kappa shape index (κ2) is 11.0. The van der Waals surface area contributed by atoms with Crippen molar-refractivity contribution in [2.75, 3.05) is 0 Å². The van der Waals surface area contributed by atoms with Gasteiger partial charge in [-0.25, -0.2) is 0 Å². The molecule has 0 fully saturated rings. The standard InChI is InChI=1S/C44H29O2P/c45-47(32-16-6-2-7-17-32,33-18-8-3-9-19-33)34-25-27-42-40(29-34)39-28-31(24-26-41(39)46-42)44-37-22-12-10-20-35(37)43(30-14-4-1-5-15-30)36-21-11-13-23-38(36)44/h1-29H. The quantitative estimate of drug-likeness (QED) is 0.142. The van der Waals surface area contributed by atoms with Crippen LogP contribution in [0.4, 0.5) is 0 Å². The lowest BCUT2D eigenvalue weighted by Crippen LogP contribution is -2.24. The molecule has 0 aliphatic carbocycles. The van der Waals surface area contributed by atoms with Gasteiger partial charge in [-0.3, -0.25) is 0 Å². The highest BCUT2D eigenvalue weighted by Gasteiger charge is 2.30. The molecule has 0 bridgehead atoms. The molecule has 0 atom stereocenters. The van der Waals surface area contributed by atoms with Crippen molar-refractivity contribution in [3.8, 4) is 22.3 Å². The highest BCUT2D eigenvalue weighted by atomic mass is 31.2. The maximum atomic E-state index is 15.2. The molecule has 9 rings (SSSR count). The summed E-state index contributed by atoms with van der Waals surface area (Å²) in [6, 6.07) is 60.3. The molecule has 0 aliphatic heterocycles. The summed E-state index contributed by atoms with van der Waals surface area (Å²) >= 11 is 0. The van der Waals surface area contributed by atoms with Crippen molar-refractivity contribution < 1.29 is 8.98 Å². The number of hydrogen-bond donors (Lipinski definition) is 0. The average molecular weight is 621 g/mol. The van der Waals surface area contributed by atoms with Crippen LogP contribution in [0.1, 0.15) is 0 Å². The smallest absolute Gasteiger partial charge is 0.171 e. The second-order valence-corrected chi connectivity index (χ2v) is 14.7. The monoisotopic (exact) mass is 620 g/mol. The van der Waals surface area contributed by atoms with Crippen LogP contribution in [-0.4, -0.2) is 0 Å². The number of rotatable bonds is 5. The molecular formula is C44H29O2P. The third-order valence-electron chi connectivity index (χ3n) is 9.34. The Morgan fingerprint density at radius 1 is 0.340 bits per heavy atom. The average Bonchev–Trinajstić information content (AvgIpc) is 3.52. The Bertz CT molecular complexity index is 2540. The van der Waals surface area contributed by atoms with E-state index in [1.54, 1.807) is 0 Å². The van der Waals surface area contributed by atoms with Gasteiger partial charge in [-0.05, 0) is 74.1 Å². The Morgan fingerprint density at radius 3 is 1.30 bits per heavy atom. The van der Waals surface area contributed by atoms with Crippen molar-refractivity contribution in [1.29, 1.82) is 0 Å². The van der Waals surface area contributed by atoms with Crippen molar-refractivity contribution in [1.82, 2.24) is 0 Å². The van der Waals surface area contributed by atoms with Crippen LogP contribution in [0.15, 0.2) is 180 Å². The summed E-state index contributed by atoms with van der Waals surface area (Å²) in [4.78, 5) is 0. The van der Waals surface area contributed by atoms with Gasteiger partial charge in [0.15, 0.2) is 7.14 Å². The number of fused-ring (bicyclic) bond motifs is 5.